The van der Waals surface area contributed by atoms with Crippen molar-refractivity contribution in [1.29, 1.82) is 0 Å². The van der Waals surface area contributed by atoms with E-state index in [2.05, 4.69) is 39.4 Å². The second-order valence-corrected chi connectivity index (χ2v) is 10.1. The van der Waals surface area contributed by atoms with Crippen LogP contribution in [0.2, 0.25) is 0 Å². The third-order valence-electron chi connectivity index (χ3n) is 6.06. The van der Waals surface area contributed by atoms with Crippen LogP contribution in [0, 0.1) is 6.92 Å². The SMILES string of the molecule is COc1c(Nc2cc(C)[nH]n2)nc(Sc2ccc(CC(C)=O)cc2)nc1N1CCC(N(C)C)CC1. The average molecular weight is 496 g/mol. The minimum atomic E-state index is 0.149. The smallest absolute Gasteiger partial charge is 0.204 e. The van der Waals surface area contributed by atoms with Crippen LogP contribution in [0.15, 0.2) is 40.4 Å². The van der Waals surface area contributed by atoms with Gasteiger partial charge >= 0.3 is 0 Å². The highest BCUT2D eigenvalue weighted by Gasteiger charge is 2.27. The molecule has 10 heteroatoms. The Morgan fingerprint density at radius 2 is 1.94 bits per heavy atom. The zero-order valence-corrected chi connectivity index (χ0v) is 21.8. The van der Waals surface area contributed by atoms with E-state index in [1.54, 1.807) is 14.0 Å². The zero-order valence-electron chi connectivity index (χ0n) is 21.0. The molecule has 1 aliphatic heterocycles. The van der Waals surface area contributed by atoms with Gasteiger partial charge in [0.2, 0.25) is 5.75 Å². The van der Waals surface area contributed by atoms with Gasteiger partial charge in [0.1, 0.15) is 5.78 Å². The lowest BCUT2D eigenvalue weighted by Gasteiger charge is -2.36. The Hall–Kier alpha value is -3.11. The molecule has 0 bridgehead atoms. The first-order valence-corrected chi connectivity index (χ1v) is 12.6. The zero-order chi connectivity index (χ0) is 24.9. The molecule has 0 saturated carbocycles. The number of methoxy groups -OCH3 is 1. The maximum absolute atomic E-state index is 11.4. The highest BCUT2D eigenvalue weighted by atomic mass is 32.2. The number of hydrogen-bond acceptors (Lipinski definition) is 9. The number of benzene rings is 1. The molecule has 0 radical (unpaired) electrons. The highest BCUT2D eigenvalue weighted by molar-refractivity contribution is 7.99. The van der Waals surface area contributed by atoms with E-state index in [-0.39, 0.29) is 5.78 Å². The van der Waals surface area contributed by atoms with Crippen molar-refractivity contribution < 1.29 is 9.53 Å². The molecule has 3 aromatic rings. The van der Waals surface area contributed by atoms with E-state index in [9.17, 15) is 4.79 Å². The number of hydrogen-bond donors (Lipinski definition) is 2. The number of ketones is 1. The summed E-state index contributed by atoms with van der Waals surface area (Å²) in [4.78, 5) is 26.7. The molecule has 4 rings (SSSR count). The maximum Gasteiger partial charge on any atom is 0.204 e. The second kappa shape index (κ2) is 11.1. The molecule has 0 spiro atoms. The van der Waals surface area contributed by atoms with Crippen LogP contribution in [-0.4, -0.2) is 71.2 Å². The number of rotatable bonds is 9. The van der Waals surface area contributed by atoms with Crippen molar-refractivity contribution in [3.05, 3.63) is 41.6 Å². The van der Waals surface area contributed by atoms with E-state index in [4.69, 9.17) is 14.7 Å². The Balaban J connectivity index is 1.65. The molecule has 1 fully saturated rings. The van der Waals surface area contributed by atoms with Crippen LogP contribution >= 0.6 is 11.8 Å². The molecular weight excluding hydrogens is 462 g/mol. The Kier molecular flexibility index (Phi) is 7.92. The summed E-state index contributed by atoms with van der Waals surface area (Å²) in [7, 11) is 5.92. The first kappa shape index (κ1) is 25.0. The van der Waals surface area contributed by atoms with Gasteiger partial charge in [-0.2, -0.15) is 5.10 Å². The normalized spacial score (nSPS) is 14.4. The van der Waals surface area contributed by atoms with Gasteiger partial charge in [-0.15, -0.1) is 0 Å². The van der Waals surface area contributed by atoms with Crippen molar-refractivity contribution in [1.82, 2.24) is 25.1 Å². The molecule has 0 atom stereocenters. The number of nitrogens with one attached hydrogen (secondary N) is 2. The summed E-state index contributed by atoms with van der Waals surface area (Å²) in [6.45, 7) is 5.33. The minimum Gasteiger partial charge on any atom is -0.490 e. The van der Waals surface area contributed by atoms with Crippen molar-refractivity contribution in [2.45, 2.75) is 49.2 Å². The van der Waals surface area contributed by atoms with Crippen LogP contribution < -0.4 is 15.0 Å². The minimum absolute atomic E-state index is 0.149. The van der Waals surface area contributed by atoms with Crippen LogP contribution in [0.25, 0.3) is 0 Å². The summed E-state index contributed by atoms with van der Waals surface area (Å²) < 4.78 is 5.82. The number of ether oxygens (including phenoxy) is 1. The van der Waals surface area contributed by atoms with E-state index in [1.165, 1.54) is 11.8 Å². The monoisotopic (exact) mass is 495 g/mol. The molecule has 0 unspecified atom stereocenters. The molecule has 3 heterocycles. The predicted octanol–water partition coefficient (Wildman–Crippen LogP) is 4.07. The third kappa shape index (κ3) is 6.32. The fourth-order valence-corrected chi connectivity index (χ4v) is 4.97. The maximum atomic E-state index is 11.4. The molecule has 2 aromatic heterocycles. The summed E-state index contributed by atoms with van der Waals surface area (Å²) in [5.41, 5.74) is 1.95. The lowest BCUT2D eigenvalue weighted by molar-refractivity contribution is -0.116. The fraction of sp³-hybridized carbons (Fsp3) is 0.440. The molecule has 0 amide bonds. The summed E-state index contributed by atoms with van der Waals surface area (Å²) in [6.07, 6.45) is 2.55. The Labute approximate surface area is 210 Å². The number of H-pyrrole nitrogens is 1. The molecule has 2 N–H and O–H groups in total. The van der Waals surface area contributed by atoms with E-state index < -0.39 is 0 Å². The van der Waals surface area contributed by atoms with Crippen molar-refractivity contribution >= 4 is 35.0 Å². The van der Waals surface area contributed by atoms with Gasteiger partial charge in [0.15, 0.2) is 22.6 Å². The summed E-state index contributed by atoms with van der Waals surface area (Å²) in [6, 6.07) is 10.4. The first-order valence-electron chi connectivity index (χ1n) is 11.7. The van der Waals surface area contributed by atoms with E-state index in [0.29, 0.717) is 35.0 Å². The van der Waals surface area contributed by atoms with Gasteiger partial charge in [0, 0.05) is 42.2 Å². The number of carbonyl (C=O) groups excluding carboxylic acids is 1. The fourth-order valence-electron chi connectivity index (χ4n) is 4.22. The molecule has 1 aliphatic rings. The Morgan fingerprint density at radius 3 is 2.51 bits per heavy atom. The van der Waals surface area contributed by atoms with Crippen LogP contribution in [0.4, 0.5) is 17.5 Å². The van der Waals surface area contributed by atoms with Crippen molar-refractivity contribution in [3.8, 4) is 5.75 Å². The van der Waals surface area contributed by atoms with E-state index in [0.717, 1.165) is 47.9 Å². The Bertz CT molecular complexity index is 1160. The third-order valence-corrected chi connectivity index (χ3v) is 6.94. The number of carbonyl (C=O) groups is 1. The summed E-state index contributed by atoms with van der Waals surface area (Å²) in [5, 5.41) is 11.2. The number of nitrogens with zero attached hydrogens (tertiary/aromatic N) is 5. The van der Waals surface area contributed by atoms with Gasteiger partial charge in [0.05, 0.1) is 7.11 Å². The van der Waals surface area contributed by atoms with Gasteiger partial charge in [-0.3, -0.25) is 9.89 Å². The molecule has 1 saturated heterocycles. The van der Waals surface area contributed by atoms with Gasteiger partial charge < -0.3 is 19.9 Å². The molecule has 1 aromatic carbocycles. The average Bonchev–Trinajstić information content (AvgIpc) is 3.24. The van der Waals surface area contributed by atoms with Crippen molar-refractivity contribution in [3.63, 3.8) is 0 Å². The van der Waals surface area contributed by atoms with Crippen LogP contribution in [0.5, 0.6) is 5.75 Å². The van der Waals surface area contributed by atoms with Crippen LogP contribution in [0.3, 0.4) is 0 Å². The largest absolute Gasteiger partial charge is 0.490 e. The number of piperidine rings is 1. The molecule has 0 aliphatic carbocycles. The van der Waals surface area contributed by atoms with Crippen molar-refractivity contribution in [2.75, 3.05) is 44.5 Å². The Morgan fingerprint density at radius 1 is 1.23 bits per heavy atom. The number of Topliss-reactive ketones (excluding diaryl/α,β-unsaturated/α-hetero) is 1. The summed E-state index contributed by atoms with van der Waals surface area (Å²) >= 11 is 1.48. The molecule has 35 heavy (non-hydrogen) atoms. The number of aromatic nitrogens is 4. The number of aryl methyl sites for hydroxylation is 1. The second-order valence-electron chi connectivity index (χ2n) is 9.08. The van der Waals surface area contributed by atoms with Gasteiger partial charge in [0.25, 0.3) is 0 Å². The number of anilines is 3. The molecular formula is C25H33N7O2S. The molecule has 186 valence electrons. The predicted molar refractivity (Wildman–Crippen MR) is 139 cm³/mol. The quantitative estimate of drug-likeness (QED) is 0.426. The topological polar surface area (TPSA) is 99.3 Å². The highest BCUT2D eigenvalue weighted by Crippen LogP contribution is 2.39. The first-order chi connectivity index (χ1) is 16.8. The van der Waals surface area contributed by atoms with E-state index >= 15 is 0 Å². The standard InChI is InChI=1S/C25H33N7O2S/c1-16-14-21(30-29-16)26-23-22(34-5)24(32-12-10-19(11-13-32)31(3)4)28-25(27-23)35-20-8-6-18(7-9-20)15-17(2)33/h6-9,14,19H,10-13,15H2,1-5H3,(H2,26,27,28,29,30). The summed E-state index contributed by atoms with van der Waals surface area (Å²) in [5.74, 6) is 2.78. The lowest BCUT2D eigenvalue weighted by atomic mass is 10.0. The van der Waals surface area contributed by atoms with Crippen LogP contribution in [0.1, 0.15) is 31.0 Å². The van der Waals surface area contributed by atoms with Gasteiger partial charge in [-0.25, -0.2) is 9.97 Å². The molecule has 9 nitrogen and oxygen atoms in total. The number of aromatic amines is 1. The lowest BCUT2D eigenvalue weighted by Crippen LogP contribution is -2.42. The van der Waals surface area contributed by atoms with Gasteiger partial charge in [-0.1, -0.05) is 12.1 Å². The van der Waals surface area contributed by atoms with Crippen LogP contribution in [-0.2, 0) is 11.2 Å². The van der Waals surface area contributed by atoms with Crippen molar-refractivity contribution in [2.24, 2.45) is 0 Å². The van der Waals surface area contributed by atoms with Gasteiger partial charge in [-0.05, 0) is 70.2 Å². The van der Waals surface area contributed by atoms with E-state index in [1.807, 2.05) is 37.3 Å².